The molecule has 25 heavy (non-hydrogen) atoms. The molecule has 0 bridgehead atoms. The predicted molar refractivity (Wildman–Crippen MR) is 84.8 cm³/mol. The molecule has 0 atom stereocenters. The third-order valence-corrected chi connectivity index (χ3v) is 4.75. The van der Waals surface area contributed by atoms with Gasteiger partial charge in [-0.05, 0) is 35.9 Å². The second kappa shape index (κ2) is 7.66. The summed E-state index contributed by atoms with van der Waals surface area (Å²) in [5.41, 5.74) is -0.349. The van der Waals surface area contributed by atoms with Crippen molar-refractivity contribution in [3.63, 3.8) is 0 Å². The maximum absolute atomic E-state index is 13.9. The third-order valence-electron chi connectivity index (χ3n) is 3.20. The van der Waals surface area contributed by atoms with Gasteiger partial charge in [-0.3, -0.25) is 4.79 Å². The van der Waals surface area contributed by atoms with Crippen LogP contribution < -0.4 is 10.0 Å². The van der Waals surface area contributed by atoms with Gasteiger partial charge in [-0.15, -0.1) is 0 Å². The van der Waals surface area contributed by atoms with E-state index in [1.54, 1.807) is 6.92 Å². The molecule has 0 fully saturated rings. The second-order valence-electron chi connectivity index (χ2n) is 5.10. The fraction of sp³-hybridized carbons (Fsp3) is 0.188. The average molecular weight is 372 g/mol. The first-order valence-corrected chi connectivity index (χ1v) is 8.73. The lowest BCUT2D eigenvalue weighted by Gasteiger charge is -2.09. The Bertz CT molecular complexity index is 881. The van der Waals surface area contributed by atoms with Crippen LogP contribution in [0, 0.1) is 17.5 Å². The molecule has 2 aromatic carbocycles. The Hall–Kier alpha value is -2.39. The van der Waals surface area contributed by atoms with Crippen molar-refractivity contribution in [3.8, 4) is 0 Å². The minimum absolute atomic E-state index is 0.131. The zero-order chi connectivity index (χ0) is 18.6. The maximum atomic E-state index is 13.9. The van der Waals surface area contributed by atoms with E-state index in [4.69, 9.17) is 0 Å². The summed E-state index contributed by atoms with van der Waals surface area (Å²) in [6.45, 7) is 1.45. The predicted octanol–water partition coefficient (Wildman–Crippen LogP) is 2.33. The lowest BCUT2D eigenvalue weighted by Crippen LogP contribution is -2.26. The summed E-state index contributed by atoms with van der Waals surface area (Å²) < 4.78 is 66.1. The Labute approximate surface area is 142 Å². The lowest BCUT2D eigenvalue weighted by atomic mass is 10.1. The van der Waals surface area contributed by atoms with Crippen molar-refractivity contribution in [2.24, 2.45) is 0 Å². The van der Waals surface area contributed by atoms with Gasteiger partial charge in [0.05, 0.1) is 10.5 Å². The van der Waals surface area contributed by atoms with Gasteiger partial charge in [0, 0.05) is 19.2 Å². The van der Waals surface area contributed by atoms with Crippen molar-refractivity contribution in [3.05, 3.63) is 65.0 Å². The molecule has 1 amide bonds. The first kappa shape index (κ1) is 18.9. The Morgan fingerprint density at radius 3 is 2.28 bits per heavy atom. The smallest absolute Gasteiger partial charge is 0.254 e. The molecular weight excluding hydrogens is 357 g/mol. The molecule has 0 aromatic heterocycles. The van der Waals surface area contributed by atoms with E-state index in [-0.39, 0.29) is 23.5 Å². The molecule has 134 valence electrons. The molecule has 2 aromatic rings. The molecule has 0 saturated carbocycles. The zero-order valence-corrected chi connectivity index (χ0v) is 14.0. The molecule has 0 spiro atoms. The molecule has 2 N–H and O–H groups in total. The zero-order valence-electron chi connectivity index (χ0n) is 13.1. The first-order chi connectivity index (χ1) is 11.7. The first-order valence-electron chi connectivity index (χ1n) is 7.25. The van der Waals surface area contributed by atoms with Gasteiger partial charge in [-0.1, -0.05) is 6.92 Å². The minimum Gasteiger partial charge on any atom is -0.348 e. The SMILES string of the molecule is CCNS(=O)(=O)c1ccc(F)c(C(=O)NCc2cc(F)cc(F)c2)c1. The molecule has 9 heteroatoms. The van der Waals surface area contributed by atoms with Crippen molar-refractivity contribution >= 4 is 15.9 Å². The number of carbonyl (C=O) groups excluding carboxylic acids is 1. The van der Waals surface area contributed by atoms with Crippen LogP contribution in [0.25, 0.3) is 0 Å². The van der Waals surface area contributed by atoms with Gasteiger partial charge in [0.25, 0.3) is 5.91 Å². The Balaban J connectivity index is 2.21. The largest absolute Gasteiger partial charge is 0.348 e. The molecule has 0 aliphatic carbocycles. The summed E-state index contributed by atoms with van der Waals surface area (Å²) in [5.74, 6) is -3.45. The van der Waals surface area contributed by atoms with E-state index >= 15 is 0 Å². The van der Waals surface area contributed by atoms with Crippen molar-refractivity contribution in [1.29, 1.82) is 0 Å². The molecule has 5 nitrogen and oxygen atoms in total. The summed E-state index contributed by atoms with van der Waals surface area (Å²) >= 11 is 0. The van der Waals surface area contributed by atoms with Gasteiger partial charge in [-0.2, -0.15) is 0 Å². The van der Waals surface area contributed by atoms with Crippen molar-refractivity contribution in [2.45, 2.75) is 18.4 Å². The highest BCUT2D eigenvalue weighted by Gasteiger charge is 2.18. The van der Waals surface area contributed by atoms with Crippen molar-refractivity contribution < 1.29 is 26.4 Å². The number of hydrogen-bond donors (Lipinski definition) is 2. The van der Waals surface area contributed by atoms with Crippen LogP contribution >= 0.6 is 0 Å². The fourth-order valence-corrected chi connectivity index (χ4v) is 3.18. The van der Waals surface area contributed by atoms with Gasteiger partial charge in [0.1, 0.15) is 17.5 Å². The van der Waals surface area contributed by atoms with Crippen LogP contribution in [-0.4, -0.2) is 20.9 Å². The third kappa shape index (κ3) is 4.80. The van der Waals surface area contributed by atoms with E-state index in [0.717, 1.165) is 30.3 Å². The molecule has 0 unspecified atom stereocenters. The van der Waals surface area contributed by atoms with E-state index < -0.39 is 38.9 Å². The molecule has 0 heterocycles. The summed E-state index contributed by atoms with van der Waals surface area (Å²) in [6.07, 6.45) is 0. The van der Waals surface area contributed by atoms with E-state index in [2.05, 4.69) is 10.0 Å². The molecule has 2 rings (SSSR count). The van der Waals surface area contributed by atoms with Gasteiger partial charge in [-0.25, -0.2) is 26.3 Å². The number of rotatable bonds is 6. The van der Waals surface area contributed by atoms with Crippen molar-refractivity contribution in [2.75, 3.05) is 6.54 Å². The minimum atomic E-state index is -3.86. The van der Waals surface area contributed by atoms with E-state index in [1.165, 1.54) is 0 Å². The average Bonchev–Trinajstić information content (AvgIpc) is 2.52. The monoisotopic (exact) mass is 372 g/mol. The summed E-state index contributed by atoms with van der Waals surface area (Å²) in [6, 6.07) is 5.51. The van der Waals surface area contributed by atoms with Gasteiger partial charge in [0.15, 0.2) is 0 Å². The van der Waals surface area contributed by atoms with Crippen LogP contribution in [0.4, 0.5) is 13.2 Å². The number of benzene rings is 2. The van der Waals surface area contributed by atoms with Crippen molar-refractivity contribution in [1.82, 2.24) is 10.0 Å². The van der Waals surface area contributed by atoms with Crippen LogP contribution in [-0.2, 0) is 16.6 Å². The van der Waals surface area contributed by atoms with Gasteiger partial charge in [0.2, 0.25) is 10.0 Å². The van der Waals surface area contributed by atoms with Crippen LogP contribution in [0.1, 0.15) is 22.8 Å². The highest BCUT2D eigenvalue weighted by Crippen LogP contribution is 2.15. The molecule has 0 aliphatic rings. The van der Waals surface area contributed by atoms with E-state index in [0.29, 0.717) is 6.07 Å². The fourth-order valence-electron chi connectivity index (χ4n) is 2.11. The van der Waals surface area contributed by atoms with E-state index in [1.807, 2.05) is 0 Å². The quantitative estimate of drug-likeness (QED) is 0.817. The second-order valence-corrected chi connectivity index (χ2v) is 6.87. The molecule has 0 aliphatic heterocycles. The van der Waals surface area contributed by atoms with Crippen LogP contribution in [0.3, 0.4) is 0 Å². The van der Waals surface area contributed by atoms with Gasteiger partial charge < -0.3 is 5.32 Å². The number of hydrogen-bond acceptors (Lipinski definition) is 3. The summed E-state index contributed by atoms with van der Waals surface area (Å²) in [4.78, 5) is 11.8. The Kier molecular flexibility index (Phi) is 5.81. The normalized spacial score (nSPS) is 11.4. The Morgan fingerprint density at radius 1 is 1.04 bits per heavy atom. The number of halogens is 3. The van der Waals surface area contributed by atoms with Crippen LogP contribution in [0.15, 0.2) is 41.3 Å². The van der Waals surface area contributed by atoms with E-state index in [9.17, 15) is 26.4 Å². The molecule has 0 radical (unpaired) electrons. The van der Waals surface area contributed by atoms with Crippen LogP contribution in [0.2, 0.25) is 0 Å². The lowest BCUT2D eigenvalue weighted by molar-refractivity contribution is 0.0946. The highest BCUT2D eigenvalue weighted by atomic mass is 32.2. The van der Waals surface area contributed by atoms with Crippen LogP contribution in [0.5, 0.6) is 0 Å². The standard InChI is InChI=1S/C16H15F3N2O3S/c1-2-21-25(23,24)13-3-4-15(19)14(8-13)16(22)20-9-10-5-11(17)7-12(18)6-10/h3-8,21H,2,9H2,1H3,(H,20,22). The molecule has 0 saturated heterocycles. The number of sulfonamides is 1. The Morgan fingerprint density at radius 2 is 1.68 bits per heavy atom. The number of nitrogens with one attached hydrogen (secondary N) is 2. The highest BCUT2D eigenvalue weighted by molar-refractivity contribution is 7.89. The number of amides is 1. The number of carbonyl (C=O) groups is 1. The summed E-state index contributed by atoms with van der Waals surface area (Å²) in [7, 11) is -3.86. The summed E-state index contributed by atoms with van der Waals surface area (Å²) in [5, 5.41) is 2.29. The maximum Gasteiger partial charge on any atom is 0.254 e. The van der Waals surface area contributed by atoms with Gasteiger partial charge >= 0.3 is 0 Å². The molecular formula is C16H15F3N2O3S. The topological polar surface area (TPSA) is 75.3 Å².